The van der Waals surface area contributed by atoms with Crippen LogP contribution in [0.15, 0.2) is 0 Å². The maximum absolute atomic E-state index is 10.9. The number of alkyl halides is 1. The molecular formula is C7H14ClNO. The van der Waals surface area contributed by atoms with Gasteiger partial charge in [0, 0.05) is 5.54 Å². The van der Waals surface area contributed by atoms with E-state index >= 15 is 0 Å². The van der Waals surface area contributed by atoms with Crippen molar-refractivity contribution in [2.45, 2.75) is 38.6 Å². The molecule has 3 heteroatoms. The van der Waals surface area contributed by atoms with Crippen LogP contribution >= 0.6 is 11.6 Å². The summed E-state index contributed by atoms with van der Waals surface area (Å²) in [7, 11) is 0. The Hall–Kier alpha value is -0.240. The van der Waals surface area contributed by atoms with Gasteiger partial charge in [0.05, 0.1) is 0 Å². The third-order valence-corrected chi connectivity index (χ3v) is 1.06. The predicted octanol–water partition coefficient (Wildman–Crippen LogP) is 1.53. The summed E-state index contributed by atoms with van der Waals surface area (Å²) >= 11 is 5.52. The molecule has 10 heavy (non-hydrogen) atoms. The van der Waals surface area contributed by atoms with Gasteiger partial charge in [-0.05, 0) is 27.7 Å². The zero-order valence-electron chi connectivity index (χ0n) is 6.86. The molecule has 0 saturated heterocycles. The van der Waals surface area contributed by atoms with Crippen LogP contribution in [0.1, 0.15) is 27.7 Å². The molecule has 1 N–H and O–H groups in total. The lowest BCUT2D eigenvalue weighted by molar-refractivity contribution is -0.121. The average molecular weight is 164 g/mol. The van der Waals surface area contributed by atoms with E-state index < -0.39 is 5.38 Å². The Labute approximate surface area is 66.9 Å². The fraction of sp³-hybridized carbons (Fsp3) is 0.857. The number of halogens is 1. The van der Waals surface area contributed by atoms with Crippen LogP contribution in [0.2, 0.25) is 0 Å². The van der Waals surface area contributed by atoms with E-state index in [-0.39, 0.29) is 11.4 Å². The second-order valence-electron chi connectivity index (χ2n) is 3.36. The van der Waals surface area contributed by atoms with Crippen molar-refractivity contribution in [1.82, 2.24) is 5.32 Å². The van der Waals surface area contributed by atoms with Crippen LogP contribution in [0, 0.1) is 0 Å². The van der Waals surface area contributed by atoms with Crippen LogP contribution in [0.4, 0.5) is 0 Å². The first-order chi connectivity index (χ1) is 4.33. The monoisotopic (exact) mass is 163 g/mol. The number of carbonyl (C=O) groups excluding carboxylic acids is 1. The molecule has 1 amide bonds. The van der Waals surface area contributed by atoms with E-state index in [1.807, 2.05) is 20.8 Å². The Balaban J connectivity index is 3.81. The van der Waals surface area contributed by atoms with E-state index in [1.54, 1.807) is 6.92 Å². The largest absolute Gasteiger partial charge is 0.350 e. The number of nitrogens with one attached hydrogen (secondary N) is 1. The first-order valence-electron chi connectivity index (χ1n) is 3.29. The fourth-order valence-corrected chi connectivity index (χ4v) is 0.524. The van der Waals surface area contributed by atoms with E-state index in [9.17, 15) is 4.79 Å². The third-order valence-electron chi connectivity index (χ3n) is 0.859. The Morgan fingerprint density at radius 1 is 1.50 bits per heavy atom. The number of carbonyl (C=O) groups is 1. The molecule has 0 aliphatic carbocycles. The van der Waals surface area contributed by atoms with Crippen molar-refractivity contribution < 1.29 is 4.79 Å². The third kappa shape index (κ3) is 4.62. The van der Waals surface area contributed by atoms with Crippen molar-refractivity contribution in [1.29, 1.82) is 0 Å². The van der Waals surface area contributed by atoms with Crippen LogP contribution in [-0.4, -0.2) is 16.8 Å². The van der Waals surface area contributed by atoms with Gasteiger partial charge < -0.3 is 5.32 Å². The highest BCUT2D eigenvalue weighted by Gasteiger charge is 2.16. The normalized spacial score (nSPS) is 14.5. The zero-order valence-corrected chi connectivity index (χ0v) is 7.62. The Morgan fingerprint density at radius 2 is 1.90 bits per heavy atom. The SMILES string of the molecule is C[C@H](Cl)C(=O)NC(C)(C)C. The van der Waals surface area contributed by atoms with Crippen LogP contribution in [0.25, 0.3) is 0 Å². The Bertz CT molecular complexity index is 126. The average Bonchev–Trinajstić information content (AvgIpc) is 1.60. The summed E-state index contributed by atoms with van der Waals surface area (Å²) in [6, 6.07) is 0. The summed E-state index contributed by atoms with van der Waals surface area (Å²) in [5.41, 5.74) is -0.180. The van der Waals surface area contributed by atoms with Crippen LogP contribution in [0.3, 0.4) is 0 Å². The summed E-state index contributed by atoms with van der Waals surface area (Å²) in [5.74, 6) is -0.117. The topological polar surface area (TPSA) is 29.1 Å². The van der Waals surface area contributed by atoms with E-state index in [0.29, 0.717) is 0 Å². The maximum Gasteiger partial charge on any atom is 0.238 e. The Morgan fingerprint density at radius 3 is 2.00 bits per heavy atom. The van der Waals surface area contributed by atoms with Gasteiger partial charge >= 0.3 is 0 Å². The van der Waals surface area contributed by atoms with Gasteiger partial charge in [0.2, 0.25) is 5.91 Å². The molecule has 60 valence electrons. The minimum atomic E-state index is -0.445. The van der Waals surface area contributed by atoms with E-state index in [2.05, 4.69) is 5.32 Å². The summed E-state index contributed by atoms with van der Waals surface area (Å²) in [5, 5.41) is 2.30. The number of rotatable bonds is 1. The van der Waals surface area contributed by atoms with Crippen LogP contribution in [0.5, 0.6) is 0 Å². The van der Waals surface area contributed by atoms with Gasteiger partial charge in [-0.1, -0.05) is 0 Å². The van der Waals surface area contributed by atoms with Crippen molar-refractivity contribution >= 4 is 17.5 Å². The molecule has 0 unspecified atom stereocenters. The standard InChI is InChI=1S/C7H14ClNO/c1-5(8)6(10)9-7(2,3)4/h5H,1-4H3,(H,9,10)/t5-/m0/s1. The maximum atomic E-state index is 10.9. The van der Waals surface area contributed by atoms with Crippen molar-refractivity contribution in [3.8, 4) is 0 Å². The summed E-state index contributed by atoms with van der Waals surface area (Å²) in [4.78, 5) is 10.9. The van der Waals surface area contributed by atoms with Gasteiger partial charge in [-0.3, -0.25) is 4.79 Å². The molecule has 0 aliphatic rings. The second kappa shape index (κ2) is 3.24. The van der Waals surface area contributed by atoms with Gasteiger partial charge in [0.15, 0.2) is 0 Å². The lowest BCUT2D eigenvalue weighted by atomic mass is 10.1. The molecule has 0 aromatic heterocycles. The second-order valence-corrected chi connectivity index (χ2v) is 4.01. The van der Waals surface area contributed by atoms with Gasteiger partial charge in [-0.2, -0.15) is 0 Å². The first kappa shape index (κ1) is 9.76. The molecule has 0 aromatic carbocycles. The summed E-state index contributed by atoms with van der Waals surface area (Å²) in [6.07, 6.45) is 0. The molecule has 0 aliphatic heterocycles. The number of hydrogen-bond donors (Lipinski definition) is 1. The number of amides is 1. The van der Waals surface area contributed by atoms with Crippen molar-refractivity contribution in [2.24, 2.45) is 0 Å². The molecule has 0 spiro atoms. The number of hydrogen-bond acceptors (Lipinski definition) is 1. The molecule has 0 radical (unpaired) electrons. The molecule has 1 atom stereocenters. The molecule has 0 bridgehead atoms. The molecular weight excluding hydrogens is 150 g/mol. The smallest absolute Gasteiger partial charge is 0.238 e. The molecule has 0 heterocycles. The predicted molar refractivity (Wildman–Crippen MR) is 43.2 cm³/mol. The van der Waals surface area contributed by atoms with Gasteiger partial charge in [-0.25, -0.2) is 0 Å². The van der Waals surface area contributed by atoms with Crippen LogP contribution < -0.4 is 5.32 Å². The molecule has 0 rings (SSSR count). The van der Waals surface area contributed by atoms with Crippen LogP contribution in [-0.2, 0) is 4.79 Å². The molecule has 0 saturated carbocycles. The van der Waals surface area contributed by atoms with E-state index in [4.69, 9.17) is 11.6 Å². The minimum Gasteiger partial charge on any atom is -0.350 e. The van der Waals surface area contributed by atoms with Gasteiger partial charge in [0.1, 0.15) is 5.38 Å². The molecule has 0 aromatic rings. The Kier molecular flexibility index (Phi) is 3.16. The van der Waals surface area contributed by atoms with Gasteiger partial charge in [0.25, 0.3) is 0 Å². The first-order valence-corrected chi connectivity index (χ1v) is 3.72. The highest BCUT2D eigenvalue weighted by Crippen LogP contribution is 2.01. The lowest BCUT2D eigenvalue weighted by Crippen LogP contribution is -2.43. The lowest BCUT2D eigenvalue weighted by Gasteiger charge is -2.21. The summed E-state index contributed by atoms with van der Waals surface area (Å²) < 4.78 is 0. The highest BCUT2D eigenvalue weighted by molar-refractivity contribution is 6.30. The zero-order chi connectivity index (χ0) is 8.36. The van der Waals surface area contributed by atoms with Gasteiger partial charge in [-0.15, -0.1) is 11.6 Å². The quantitative estimate of drug-likeness (QED) is 0.584. The minimum absolute atomic E-state index is 0.117. The fourth-order valence-electron chi connectivity index (χ4n) is 0.469. The van der Waals surface area contributed by atoms with Crippen molar-refractivity contribution in [3.63, 3.8) is 0 Å². The van der Waals surface area contributed by atoms with Crippen molar-refractivity contribution in [3.05, 3.63) is 0 Å². The van der Waals surface area contributed by atoms with E-state index in [0.717, 1.165) is 0 Å². The molecule has 0 fully saturated rings. The highest BCUT2D eigenvalue weighted by atomic mass is 35.5. The van der Waals surface area contributed by atoms with Crippen molar-refractivity contribution in [2.75, 3.05) is 0 Å². The van der Waals surface area contributed by atoms with E-state index in [1.165, 1.54) is 0 Å². The molecule has 2 nitrogen and oxygen atoms in total. The summed E-state index contributed by atoms with van der Waals surface area (Å²) in [6.45, 7) is 7.42.